The molecule has 6 heteroatoms. The van der Waals surface area contributed by atoms with Crippen LogP contribution in [-0.2, 0) is 0 Å². The first-order valence-electron chi connectivity index (χ1n) is 9.70. The van der Waals surface area contributed by atoms with Gasteiger partial charge in [0.15, 0.2) is 0 Å². The molecule has 2 heterocycles. The van der Waals surface area contributed by atoms with Crippen LogP contribution in [0.15, 0.2) is 48.5 Å². The van der Waals surface area contributed by atoms with E-state index in [9.17, 15) is 14.7 Å². The van der Waals surface area contributed by atoms with Crippen LogP contribution in [0.25, 0.3) is 0 Å². The third-order valence-electron chi connectivity index (χ3n) is 5.48. The van der Waals surface area contributed by atoms with E-state index in [1.165, 1.54) is 16.2 Å². The highest BCUT2D eigenvalue weighted by molar-refractivity contribution is 6.21. The molecule has 1 fully saturated rings. The highest BCUT2D eigenvalue weighted by atomic mass is 16.3. The number of β-amino-alcohol motifs (C(OH)–C–C–N with tert-alkyl or cyclic N) is 1. The van der Waals surface area contributed by atoms with Gasteiger partial charge in [-0.3, -0.25) is 19.4 Å². The summed E-state index contributed by atoms with van der Waals surface area (Å²) in [6, 6.07) is 15.3. The van der Waals surface area contributed by atoms with E-state index in [1.54, 1.807) is 24.3 Å². The van der Waals surface area contributed by atoms with Gasteiger partial charge in [0.05, 0.1) is 23.8 Å². The average molecular weight is 379 g/mol. The van der Waals surface area contributed by atoms with E-state index in [-0.39, 0.29) is 18.4 Å². The van der Waals surface area contributed by atoms with Crippen molar-refractivity contribution in [1.82, 2.24) is 9.80 Å². The number of aliphatic hydroxyl groups excluding tert-OH is 1. The monoisotopic (exact) mass is 379 g/mol. The average Bonchev–Trinajstić information content (AvgIpc) is 2.94. The summed E-state index contributed by atoms with van der Waals surface area (Å²) < 4.78 is 0. The summed E-state index contributed by atoms with van der Waals surface area (Å²) >= 11 is 0. The SMILES string of the molecule is Cc1cccc(N2CCN(CC(O)CN3C(=O)c4ccccc4C3=O)CC2)c1. The van der Waals surface area contributed by atoms with Crippen LogP contribution < -0.4 is 4.90 Å². The number of amides is 2. The largest absolute Gasteiger partial charge is 0.390 e. The first kappa shape index (κ1) is 18.7. The molecule has 0 saturated carbocycles. The highest BCUT2D eigenvalue weighted by Gasteiger charge is 2.36. The molecule has 146 valence electrons. The lowest BCUT2D eigenvalue weighted by Gasteiger charge is -2.37. The molecule has 6 nitrogen and oxygen atoms in total. The van der Waals surface area contributed by atoms with Crippen molar-refractivity contribution in [1.29, 1.82) is 0 Å². The maximum atomic E-state index is 12.4. The molecule has 28 heavy (non-hydrogen) atoms. The van der Waals surface area contributed by atoms with Gasteiger partial charge in [0.25, 0.3) is 11.8 Å². The number of aryl methyl sites for hydroxylation is 1. The van der Waals surface area contributed by atoms with Crippen LogP contribution in [0.2, 0.25) is 0 Å². The zero-order valence-electron chi connectivity index (χ0n) is 16.0. The number of fused-ring (bicyclic) bond motifs is 1. The van der Waals surface area contributed by atoms with E-state index < -0.39 is 6.10 Å². The second-order valence-corrected chi connectivity index (χ2v) is 7.55. The summed E-state index contributed by atoms with van der Waals surface area (Å²) in [7, 11) is 0. The molecule has 4 rings (SSSR count). The summed E-state index contributed by atoms with van der Waals surface area (Å²) in [5.41, 5.74) is 3.32. The third kappa shape index (κ3) is 3.66. The number of benzene rings is 2. The lowest BCUT2D eigenvalue weighted by atomic mass is 10.1. The number of rotatable bonds is 5. The number of piperazine rings is 1. The van der Waals surface area contributed by atoms with Gasteiger partial charge >= 0.3 is 0 Å². The van der Waals surface area contributed by atoms with Crippen LogP contribution in [0.3, 0.4) is 0 Å². The van der Waals surface area contributed by atoms with E-state index in [0.717, 1.165) is 26.2 Å². The quantitative estimate of drug-likeness (QED) is 0.803. The van der Waals surface area contributed by atoms with E-state index in [4.69, 9.17) is 0 Å². The molecule has 1 N–H and O–H groups in total. The van der Waals surface area contributed by atoms with Gasteiger partial charge < -0.3 is 10.0 Å². The minimum Gasteiger partial charge on any atom is -0.390 e. The van der Waals surface area contributed by atoms with E-state index >= 15 is 0 Å². The van der Waals surface area contributed by atoms with Crippen molar-refractivity contribution in [3.63, 3.8) is 0 Å². The third-order valence-corrected chi connectivity index (χ3v) is 5.48. The van der Waals surface area contributed by atoms with E-state index in [1.807, 2.05) is 0 Å². The fraction of sp³-hybridized carbons (Fsp3) is 0.364. The molecule has 2 aromatic carbocycles. The molecular formula is C22H25N3O3. The van der Waals surface area contributed by atoms with Crippen LogP contribution in [0, 0.1) is 6.92 Å². The van der Waals surface area contributed by atoms with Crippen molar-refractivity contribution in [2.75, 3.05) is 44.2 Å². The van der Waals surface area contributed by atoms with E-state index in [2.05, 4.69) is 41.0 Å². The molecule has 2 aromatic rings. The Hall–Kier alpha value is -2.70. The zero-order chi connectivity index (χ0) is 19.7. The van der Waals surface area contributed by atoms with E-state index in [0.29, 0.717) is 17.7 Å². The maximum absolute atomic E-state index is 12.4. The molecule has 0 bridgehead atoms. The number of carbonyl (C=O) groups excluding carboxylic acids is 2. The predicted molar refractivity (Wildman–Crippen MR) is 108 cm³/mol. The first-order valence-corrected chi connectivity index (χ1v) is 9.70. The molecule has 1 unspecified atom stereocenters. The molecule has 2 aliphatic heterocycles. The zero-order valence-corrected chi connectivity index (χ0v) is 16.0. The summed E-state index contributed by atoms with van der Waals surface area (Å²) in [5, 5.41) is 10.5. The van der Waals surface area contributed by atoms with Gasteiger partial charge in [0, 0.05) is 38.4 Å². The Morgan fingerprint density at radius 2 is 1.54 bits per heavy atom. The van der Waals surface area contributed by atoms with Crippen LogP contribution in [0.4, 0.5) is 5.69 Å². The second-order valence-electron chi connectivity index (χ2n) is 7.55. The number of nitrogens with zero attached hydrogens (tertiary/aromatic N) is 3. The van der Waals surface area contributed by atoms with Crippen molar-refractivity contribution in [3.8, 4) is 0 Å². The molecule has 0 spiro atoms. The summed E-state index contributed by atoms with van der Waals surface area (Å²) in [4.78, 5) is 30.6. The molecule has 0 aromatic heterocycles. The summed E-state index contributed by atoms with van der Waals surface area (Å²) in [6.45, 7) is 6.04. The fourth-order valence-electron chi connectivity index (χ4n) is 3.98. The van der Waals surface area contributed by atoms with Crippen molar-refractivity contribution in [3.05, 3.63) is 65.2 Å². The molecular weight excluding hydrogens is 354 g/mol. The predicted octanol–water partition coefficient (Wildman–Crippen LogP) is 1.77. The second kappa shape index (κ2) is 7.73. The smallest absolute Gasteiger partial charge is 0.261 e. The maximum Gasteiger partial charge on any atom is 0.261 e. The fourth-order valence-corrected chi connectivity index (χ4v) is 3.98. The Balaban J connectivity index is 1.30. The minimum atomic E-state index is -0.757. The van der Waals surface area contributed by atoms with Crippen molar-refractivity contribution < 1.29 is 14.7 Å². The van der Waals surface area contributed by atoms with Crippen LogP contribution in [-0.4, -0.2) is 72.1 Å². The van der Waals surface area contributed by atoms with Crippen LogP contribution in [0.5, 0.6) is 0 Å². The Labute approximate surface area is 165 Å². The van der Waals surface area contributed by atoms with Gasteiger partial charge in [-0.25, -0.2) is 0 Å². The molecule has 2 aliphatic rings. The van der Waals surface area contributed by atoms with Crippen molar-refractivity contribution >= 4 is 17.5 Å². The van der Waals surface area contributed by atoms with Gasteiger partial charge in [-0.1, -0.05) is 24.3 Å². The lowest BCUT2D eigenvalue weighted by molar-refractivity contribution is 0.0469. The number of hydrogen-bond acceptors (Lipinski definition) is 5. The molecule has 2 amide bonds. The molecule has 0 radical (unpaired) electrons. The van der Waals surface area contributed by atoms with Crippen molar-refractivity contribution in [2.24, 2.45) is 0 Å². The molecule has 1 atom stereocenters. The van der Waals surface area contributed by atoms with Gasteiger partial charge in [0.2, 0.25) is 0 Å². The lowest BCUT2D eigenvalue weighted by Crippen LogP contribution is -2.50. The number of aliphatic hydroxyl groups is 1. The van der Waals surface area contributed by atoms with Gasteiger partial charge in [-0.15, -0.1) is 0 Å². The topological polar surface area (TPSA) is 64.1 Å². The first-order chi connectivity index (χ1) is 13.5. The van der Waals surface area contributed by atoms with Gasteiger partial charge in [-0.05, 0) is 36.8 Å². The van der Waals surface area contributed by atoms with Gasteiger partial charge in [0.1, 0.15) is 0 Å². The van der Waals surface area contributed by atoms with Gasteiger partial charge in [-0.2, -0.15) is 0 Å². The number of carbonyl (C=O) groups is 2. The minimum absolute atomic E-state index is 0.0322. The Bertz CT molecular complexity index is 855. The summed E-state index contributed by atoms with van der Waals surface area (Å²) in [5.74, 6) is -0.632. The molecule has 1 saturated heterocycles. The Morgan fingerprint density at radius 1 is 0.893 bits per heavy atom. The van der Waals surface area contributed by atoms with Crippen molar-refractivity contribution in [2.45, 2.75) is 13.0 Å². The standard InChI is InChI=1S/C22H25N3O3/c1-16-5-4-6-17(13-16)24-11-9-23(10-12-24)14-18(26)15-25-21(27)19-7-2-3-8-20(19)22(25)28/h2-8,13,18,26H,9-12,14-15H2,1H3. The number of anilines is 1. The normalized spacial score (nSPS) is 18.5. The highest BCUT2D eigenvalue weighted by Crippen LogP contribution is 2.23. The number of hydrogen-bond donors (Lipinski definition) is 1. The van der Waals surface area contributed by atoms with Crippen LogP contribution in [0.1, 0.15) is 26.3 Å². The Morgan fingerprint density at radius 3 is 2.14 bits per heavy atom. The Kier molecular flexibility index (Phi) is 5.15. The molecule has 0 aliphatic carbocycles. The van der Waals surface area contributed by atoms with Crippen LogP contribution >= 0.6 is 0 Å². The number of imide groups is 1. The summed E-state index contributed by atoms with van der Waals surface area (Å²) in [6.07, 6.45) is -0.757.